The fourth-order valence-electron chi connectivity index (χ4n) is 3.28. The number of aromatic nitrogens is 2. The molecule has 0 aliphatic heterocycles. The van der Waals surface area contributed by atoms with Crippen molar-refractivity contribution in [3.63, 3.8) is 0 Å². The third kappa shape index (κ3) is 2.72. The summed E-state index contributed by atoms with van der Waals surface area (Å²) in [7, 11) is 0. The molecule has 4 heteroatoms. The van der Waals surface area contributed by atoms with Gasteiger partial charge >= 0.3 is 0 Å². The lowest BCUT2D eigenvalue weighted by molar-refractivity contribution is 0.334. The van der Waals surface area contributed by atoms with E-state index in [1.54, 1.807) is 6.07 Å². The molecule has 0 unspecified atom stereocenters. The molecule has 1 aliphatic rings. The van der Waals surface area contributed by atoms with Gasteiger partial charge in [-0.2, -0.15) is 0 Å². The van der Waals surface area contributed by atoms with Gasteiger partial charge < -0.3 is 9.88 Å². The molecular weight excluding hydrogens is 265 g/mol. The highest BCUT2D eigenvalue weighted by Gasteiger charge is 2.28. The number of hydrogen-bond donors (Lipinski definition) is 1. The third-order valence-corrected chi connectivity index (χ3v) is 4.53. The summed E-state index contributed by atoms with van der Waals surface area (Å²) < 4.78 is 16.1. The lowest BCUT2D eigenvalue weighted by Crippen LogP contribution is -2.32. The molecule has 0 amide bonds. The predicted octanol–water partition coefficient (Wildman–Crippen LogP) is 3.46. The van der Waals surface area contributed by atoms with Gasteiger partial charge in [0.1, 0.15) is 11.6 Å². The largest absolute Gasteiger partial charge is 0.334 e. The van der Waals surface area contributed by atoms with Crippen molar-refractivity contribution < 1.29 is 4.39 Å². The molecule has 3 rings (SSSR count). The Morgan fingerprint density at radius 2 is 2.29 bits per heavy atom. The Bertz CT molecular complexity index is 620. The zero-order valence-electron chi connectivity index (χ0n) is 12.6. The number of hydrogen-bond acceptors (Lipinski definition) is 2. The molecule has 21 heavy (non-hydrogen) atoms. The van der Waals surface area contributed by atoms with Crippen molar-refractivity contribution in [1.29, 1.82) is 0 Å². The van der Waals surface area contributed by atoms with E-state index in [-0.39, 0.29) is 11.9 Å². The number of imidazole rings is 1. The summed E-state index contributed by atoms with van der Waals surface area (Å²) in [6, 6.07) is 5.63. The Labute approximate surface area is 125 Å². The maximum absolute atomic E-state index is 14.0. The molecule has 112 valence electrons. The van der Waals surface area contributed by atoms with Crippen LogP contribution < -0.4 is 5.32 Å². The van der Waals surface area contributed by atoms with Crippen molar-refractivity contribution in [3.8, 4) is 0 Å². The summed E-state index contributed by atoms with van der Waals surface area (Å²) in [5.74, 6) is 1.47. The zero-order chi connectivity index (χ0) is 14.8. The van der Waals surface area contributed by atoms with Gasteiger partial charge in [-0.15, -0.1) is 0 Å². The fourth-order valence-corrected chi connectivity index (χ4v) is 3.28. The topological polar surface area (TPSA) is 29.9 Å². The summed E-state index contributed by atoms with van der Waals surface area (Å²) in [6.07, 6.45) is 5.69. The van der Waals surface area contributed by atoms with Gasteiger partial charge in [-0.3, -0.25) is 0 Å². The Kier molecular flexibility index (Phi) is 4.06. The summed E-state index contributed by atoms with van der Waals surface area (Å²) in [5, 5.41) is 3.58. The van der Waals surface area contributed by atoms with E-state index in [2.05, 4.69) is 34.8 Å². The standard InChI is InChI=1S/C17H22FN3/c1-3-21-10-9-19-16(21)11-20-17-12(2)7-8-13-14(17)5-4-6-15(13)18/h4-6,9-10,12,17,20H,3,7-8,11H2,1-2H3/t12-,17+/m0/s1. The van der Waals surface area contributed by atoms with Crippen LogP contribution in [0.1, 0.15) is 43.3 Å². The minimum Gasteiger partial charge on any atom is -0.334 e. The molecule has 1 heterocycles. The number of benzene rings is 1. The smallest absolute Gasteiger partial charge is 0.126 e. The Hall–Kier alpha value is -1.68. The Balaban J connectivity index is 1.81. The molecular formula is C17H22FN3. The van der Waals surface area contributed by atoms with Crippen molar-refractivity contribution in [2.24, 2.45) is 5.92 Å². The second kappa shape index (κ2) is 5.98. The quantitative estimate of drug-likeness (QED) is 0.933. The second-order valence-electron chi connectivity index (χ2n) is 5.81. The average molecular weight is 287 g/mol. The van der Waals surface area contributed by atoms with E-state index >= 15 is 0 Å². The average Bonchev–Trinajstić information content (AvgIpc) is 2.94. The van der Waals surface area contributed by atoms with Crippen LogP contribution in [0.2, 0.25) is 0 Å². The number of aryl methyl sites for hydroxylation is 1. The summed E-state index contributed by atoms with van der Waals surface area (Å²) >= 11 is 0. The molecule has 2 atom stereocenters. The summed E-state index contributed by atoms with van der Waals surface area (Å²) in [4.78, 5) is 4.40. The summed E-state index contributed by atoms with van der Waals surface area (Å²) in [6.45, 7) is 5.98. The number of fused-ring (bicyclic) bond motifs is 1. The number of nitrogens with zero attached hydrogens (tertiary/aromatic N) is 2. The van der Waals surface area contributed by atoms with Gasteiger partial charge in [0, 0.05) is 25.0 Å². The minimum atomic E-state index is -0.0683. The molecule has 3 nitrogen and oxygen atoms in total. The van der Waals surface area contributed by atoms with E-state index in [0.717, 1.165) is 36.3 Å². The van der Waals surface area contributed by atoms with Crippen LogP contribution in [0.3, 0.4) is 0 Å². The molecule has 2 aromatic rings. The highest BCUT2D eigenvalue weighted by atomic mass is 19.1. The minimum absolute atomic E-state index is 0.0683. The molecule has 1 aromatic heterocycles. The monoisotopic (exact) mass is 287 g/mol. The molecule has 0 fully saturated rings. The van der Waals surface area contributed by atoms with Crippen LogP contribution in [-0.4, -0.2) is 9.55 Å². The van der Waals surface area contributed by atoms with Gasteiger partial charge in [-0.1, -0.05) is 19.1 Å². The van der Waals surface area contributed by atoms with Crippen LogP contribution in [0, 0.1) is 11.7 Å². The van der Waals surface area contributed by atoms with E-state index in [9.17, 15) is 4.39 Å². The fraction of sp³-hybridized carbons (Fsp3) is 0.471. The van der Waals surface area contributed by atoms with Crippen LogP contribution >= 0.6 is 0 Å². The van der Waals surface area contributed by atoms with E-state index in [0.29, 0.717) is 12.5 Å². The van der Waals surface area contributed by atoms with Crippen LogP contribution in [0.4, 0.5) is 4.39 Å². The van der Waals surface area contributed by atoms with E-state index in [4.69, 9.17) is 0 Å². The van der Waals surface area contributed by atoms with Crippen molar-refractivity contribution >= 4 is 0 Å². The maximum atomic E-state index is 14.0. The number of nitrogens with one attached hydrogen (secondary N) is 1. The van der Waals surface area contributed by atoms with E-state index in [1.165, 1.54) is 0 Å². The van der Waals surface area contributed by atoms with Gasteiger partial charge in [0.2, 0.25) is 0 Å². The highest BCUT2D eigenvalue weighted by molar-refractivity contribution is 5.34. The van der Waals surface area contributed by atoms with Gasteiger partial charge in [-0.25, -0.2) is 9.37 Å². The normalized spacial score (nSPS) is 21.3. The van der Waals surface area contributed by atoms with E-state index in [1.807, 2.05) is 18.5 Å². The maximum Gasteiger partial charge on any atom is 0.126 e. The molecule has 0 radical (unpaired) electrons. The zero-order valence-corrected chi connectivity index (χ0v) is 12.6. The summed E-state index contributed by atoms with van der Waals surface area (Å²) in [5.41, 5.74) is 2.00. The van der Waals surface area contributed by atoms with Crippen LogP contribution in [0.25, 0.3) is 0 Å². The number of rotatable bonds is 4. The van der Waals surface area contributed by atoms with Crippen molar-refractivity contribution in [1.82, 2.24) is 14.9 Å². The molecule has 0 spiro atoms. The van der Waals surface area contributed by atoms with Crippen molar-refractivity contribution in [3.05, 3.63) is 53.4 Å². The molecule has 1 aromatic carbocycles. The number of halogens is 1. The molecule has 1 aliphatic carbocycles. The molecule has 1 N–H and O–H groups in total. The first-order chi connectivity index (χ1) is 10.2. The lowest BCUT2D eigenvalue weighted by atomic mass is 9.80. The van der Waals surface area contributed by atoms with Gasteiger partial charge in [0.25, 0.3) is 0 Å². The van der Waals surface area contributed by atoms with Crippen LogP contribution in [0.15, 0.2) is 30.6 Å². The molecule has 0 saturated heterocycles. The lowest BCUT2D eigenvalue weighted by Gasteiger charge is -2.32. The second-order valence-corrected chi connectivity index (χ2v) is 5.81. The van der Waals surface area contributed by atoms with Gasteiger partial charge in [-0.05, 0) is 42.9 Å². The van der Waals surface area contributed by atoms with Crippen LogP contribution in [-0.2, 0) is 19.5 Å². The molecule has 0 saturated carbocycles. The predicted molar refractivity (Wildman–Crippen MR) is 81.4 cm³/mol. The van der Waals surface area contributed by atoms with Crippen molar-refractivity contribution in [2.75, 3.05) is 0 Å². The van der Waals surface area contributed by atoms with Crippen molar-refractivity contribution in [2.45, 2.75) is 45.8 Å². The van der Waals surface area contributed by atoms with Gasteiger partial charge in [0.15, 0.2) is 0 Å². The Morgan fingerprint density at radius 1 is 1.43 bits per heavy atom. The first kappa shape index (κ1) is 14.3. The third-order valence-electron chi connectivity index (χ3n) is 4.53. The first-order valence-electron chi connectivity index (χ1n) is 7.71. The molecule has 0 bridgehead atoms. The SMILES string of the molecule is CCn1ccnc1CN[C@H]1c2cccc(F)c2CC[C@@H]1C. The van der Waals surface area contributed by atoms with Gasteiger partial charge in [0.05, 0.1) is 6.54 Å². The highest BCUT2D eigenvalue weighted by Crippen LogP contribution is 2.35. The van der Waals surface area contributed by atoms with Crippen LogP contribution in [0.5, 0.6) is 0 Å². The van der Waals surface area contributed by atoms with E-state index < -0.39 is 0 Å². The first-order valence-corrected chi connectivity index (χ1v) is 7.71. The Morgan fingerprint density at radius 3 is 3.10 bits per heavy atom.